The van der Waals surface area contributed by atoms with Gasteiger partial charge in [0.2, 0.25) is 5.91 Å². The van der Waals surface area contributed by atoms with Gasteiger partial charge in [-0.2, -0.15) is 0 Å². The standard InChI is InChI=1S/C17H17N5O3S2/c1-20(13-4-6-14(7-5-13)22(24)25)16(23)11-27-17-19-18-12-21(17)9-8-15-3-2-10-26-15/h2-7,10,12H,8-9,11H2,1H3. The van der Waals surface area contributed by atoms with Gasteiger partial charge in [0.15, 0.2) is 5.16 Å². The highest BCUT2D eigenvalue weighted by Crippen LogP contribution is 2.21. The SMILES string of the molecule is CN(C(=O)CSc1nncn1CCc1cccs1)c1ccc([N+](=O)[O-])cc1. The fraction of sp³-hybridized carbons (Fsp3) is 0.235. The third kappa shape index (κ3) is 4.92. The van der Waals surface area contributed by atoms with Crippen LogP contribution in [-0.4, -0.2) is 38.4 Å². The van der Waals surface area contributed by atoms with Gasteiger partial charge in [-0.25, -0.2) is 0 Å². The van der Waals surface area contributed by atoms with Crippen molar-refractivity contribution in [2.45, 2.75) is 18.1 Å². The predicted octanol–water partition coefficient (Wildman–Crippen LogP) is 3.25. The predicted molar refractivity (Wildman–Crippen MR) is 105 cm³/mol. The fourth-order valence-corrected chi connectivity index (χ4v) is 3.91. The smallest absolute Gasteiger partial charge is 0.269 e. The summed E-state index contributed by atoms with van der Waals surface area (Å²) in [6.45, 7) is 0.752. The molecule has 0 aliphatic rings. The molecule has 10 heteroatoms. The van der Waals surface area contributed by atoms with E-state index in [1.54, 1.807) is 36.8 Å². The van der Waals surface area contributed by atoms with Crippen molar-refractivity contribution >= 4 is 40.4 Å². The van der Waals surface area contributed by atoms with Gasteiger partial charge in [-0.05, 0) is 30.0 Å². The molecule has 27 heavy (non-hydrogen) atoms. The molecule has 0 aliphatic carbocycles. The summed E-state index contributed by atoms with van der Waals surface area (Å²) in [6.07, 6.45) is 2.56. The van der Waals surface area contributed by atoms with E-state index >= 15 is 0 Å². The largest absolute Gasteiger partial charge is 0.315 e. The lowest BCUT2D eigenvalue weighted by Gasteiger charge is -2.16. The first kappa shape index (κ1) is 19.1. The molecule has 0 atom stereocenters. The minimum atomic E-state index is -0.468. The highest BCUT2D eigenvalue weighted by Gasteiger charge is 2.15. The number of anilines is 1. The number of thioether (sulfide) groups is 1. The second-order valence-electron chi connectivity index (χ2n) is 5.65. The Kier molecular flexibility index (Phi) is 6.20. The Labute approximate surface area is 164 Å². The number of carbonyl (C=O) groups excluding carboxylic acids is 1. The molecule has 8 nitrogen and oxygen atoms in total. The Hall–Kier alpha value is -2.72. The highest BCUT2D eigenvalue weighted by atomic mass is 32.2. The Balaban J connectivity index is 1.55. The molecule has 0 fully saturated rings. The molecule has 1 aromatic carbocycles. The van der Waals surface area contributed by atoms with Crippen LogP contribution in [0.4, 0.5) is 11.4 Å². The fourth-order valence-electron chi connectivity index (χ4n) is 2.36. The topological polar surface area (TPSA) is 94.2 Å². The van der Waals surface area contributed by atoms with Crippen LogP contribution < -0.4 is 4.90 Å². The summed E-state index contributed by atoms with van der Waals surface area (Å²) in [7, 11) is 1.64. The Bertz CT molecular complexity index is 909. The number of carbonyl (C=O) groups is 1. The van der Waals surface area contributed by atoms with Gasteiger partial charge in [0.25, 0.3) is 5.69 Å². The molecule has 2 heterocycles. The lowest BCUT2D eigenvalue weighted by atomic mass is 10.2. The molecule has 0 aliphatic heterocycles. The van der Waals surface area contributed by atoms with Gasteiger partial charge in [-0.3, -0.25) is 14.9 Å². The third-order valence-electron chi connectivity index (χ3n) is 3.91. The molecule has 0 saturated heterocycles. The van der Waals surface area contributed by atoms with E-state index in [-0.39, 0.29) is 17.3 Å². The maximum Gasteiger partial charge on any atom is 0.269 e. The molecule has 2 aromatic heterocycles. The summed E-state index contributed by atoms with van der Waals surface area (Å²) in [5, 5.41) is 21.5. The van der Waals surface area contributed by atoms with E-state index in [9.17, 15) is 14.9 Å². The number of nitrogens with zero attached hydrogens (tertiary/aromatic N) is 5. The van der Waals surface area contributed by atoms with Crippen molar-refractivity contribution in [2.75, 3.05) is 17.7 Å². The number of aromatic nitrogens is 3. The summed E-state index contributed by atoms with van der Waals surface area (Å²) < 4.78 is 1.93. The maximum atomic E-state index is 12.4. The third-order valence-corrected chi connectivity index (χ3v) is 5.81. The first-order chi connectivity index (χ1) is 13.0. The number of thiophene rings is 1. The van der Waals surface area contributed by atoms with Crippen molar-refractivity contribution in [2.24, 2.45) is 0 Å². The molecule has 140 valence electrons. The first-order valence-corrected chi connectivity index (χ1v) is 9.95. The van der Waals surface area contributed by atoms with Crippen LogP contribution in [0, 0.1) is 10.1 Å². The molecular formula is C17H17N5O3S2. The Morgan fingerprint density at radius 1 is 1.33 bits per heavy atom. The van der Waals surface area contributed by atoms with Gasteiger partial charge >= 0.3 is 0 Å². The number of aryl methyl sites for hydroxylation is 2. The van der Waals surface area contributed by atoms with Gasteiger partial charge in [0.1, 0.15) is 6.33 Å². The van der Waals surface area contributed by atoms with Crippen LogP contribution in [0.5, 0.6) is 0 Å². The van der Waals surface area contributed by atoms with Gasteiger partial charge in [0.05, 0.1) is 10.7 Å². The monoisotopic (exact) mass is 403 g/mol. The molecule has 0 unspecified atom stereocenters. The normalized spacial score (nSPS) is 10.7. The summed E-state index contributed by atoms with van der Waals surface area (Å²) in [5.41, 5.74) is 0.596. The van der Waals surface area contributed by atoms with Crippen LogP contribution in [0.15, 0.2) is 53.3 Å². The molecule has 0 N–H and O–H groups in total. The van der Waals surface area contributed by atoms with Gasteiger partial charge in [-0.1, -0.05) is 17.8 Å². The zero-order valence-electron chi connectivity index (χ0n) is 14.5. The summed E-state index contributed by atoms with van der Waals surface area (Å²) in [5.74, 6) is 0.0761. The summed E-state index contributed by atoms with van der Waals surface area (Å²) in [4.78, 5) is 25.4. The van der Waals surface area contributed by atoms with E-state index in [0.717, 1.165) is 13.0 Å². The number of amides is 1. The molecule has 0 saturated carbocycles. The van der Waals surface area contributed by atoms with Crippen molar-refractivity contribution in [3.63, 3.8) is 0 Å². The molecule has 3 rings (SSSR count). The first-order valence-electron chi connectivity index (χ1n) is 8.08. The number of non-ortho nitro benzene ring substituents is 1. The lowest BCUT2D eigenvalue weighted by Crippen LogP contribution is -2.28. The van der Waals surface area contributed by atoms with Gasteiger partial charge in [-0.15, -0.1) is 21.5 Å². The van der Waals surface area contributed by atoms with E-state index in [1.807, 2.05) is 16.0 Å². The van der Waals surface area contributed by atoms with E-state index in [0.29, 0.717) is 10.8 Å². The van der Waals surface area contributed by atoms with Crippen molar-refractivity contribution in [3.8, 4) is 0 Å². The van der Waals surface area contributed by atoms with E-state index < -0.39 is 4.92 Å². The van der Waals surface area contributed by atoms with Crippen molar-refractivity contribution in [1.29, 1.82) is 0 Å². The Morgan fingerprint density at radius 2 is 2.11 bits per heavy atom. The number of hydrogen-bond donors (Lipinski definition) is 0. The van der Waals surface area contributed by atoms with Crippen LogP contribution >= 0.6 is 23.1 Å². The molecular weight excluding hydrogens is 386 g/mol. The molecule has 0 radical (unpaired) electrons. The number of nitro groups is 1. The second-order valence-corrected chi connectivity index (χ2v) is 7.63. The van der Waals surface area contributed by atoms with E-state index in [4.69, 9.17) is 0 Å². The van der Waals surface area contributed by atoms with Gasteiger partial charge in [0, 0.05) is 36.3 Å². The van der Waals surface area contributed by atoms with Crippen LogP contribution in [0.25, 0.3) is 0 Å². The molecule has 0 spiro atoms. The Morgan fingerprint density at radius 3 is 2.78 bits per heavy atom. The average molecular weight is 403 g/mol. The van der Waals surface area contributed by atoms with Gasteiger partial charge < -0.3 is 9.47 Å². The number of nitro benzene ring substituents is 1. The minimum Gasteiger partial charge on any atom is -0.315 e. The number of hydrogen-bond acceptors (Lipinski definition) is 7. The number of benzene rings is 1. The maximum absolute atomic E-state index is 12.4. The molecule has 0 bridgehead atoms. The van der Waals surface area contributed by atoms with Crippen LogP contribution in [0.1, 0.15) is 4.88 Å². The van der Waals surface area contributed by atoms with E-state index in [1.165, 1.54) is 33.7 Å². The molecule has 3 aromatic rings. The van der Waals surface area contributed by atoms with Crippen molar-refractivity contribution in [3.05, 3.63) is 63.1 Å². The number of rotatable bonds is 8. The summed E-state index contributed by atoms with van der Waals surface area (Å²) in [6, 6.07) is 9.99. The highest BCUT2D eigenvalue weighted by molar-refractivity contribution is 7.99. The molecule has 1 amide bonds. The van der Waals surface area contributed by atoms with Crippen molar-refractivity contribution in [1.82, 2.24) is 14.8 Å². The van der Waals surface area contributed by atoms with Crippen LogP contribution in [-0.2, 0) is 17.8 Å². The zero-order valence-corrected chi connectivity index (χ0v) is 16.2. The average Bonchev–Trinajstić information content (AvgIpc) is 3.35. The quantitative estimate of drug-likeness (QED) is 0.326. The van der Waals surface area contributed by atoms with Crippen molar-refractivity contribution < 1.29 is 9.72 Å². The van der Waals surface area contributed by atoms with E-state index in [2.05, 4.69) is 16.3 Å². The minimum absolute atomic E-state index is 0.00665. The summed E-state index contributed by atoms with van der Waals surface area (Å²) >= 11 is 3.03. The zero-order chi connectivity index (χ0) is 19.2. The van der Waals surface area contributed by atoms with Crippen LogP contribution in [0.3, 0.4) is 0 Å². The van der Waals surface area contributed by atoms with Crippen LogP contribution in [0.2, 0.25) is 0 Å². The second kappa shape index (κ2) is 8.78. The lowest BCUT2D eigenvalue weighted by molar-refractivity contribution is -0.384.